The maximum Gasteiger partial charge on any atom is 0.253 e. The van der Waals surface area contributed by atoms with E-state index in [1.165, 1.54) is 11.1 Å². The van der Waals surface area contributed by atoms with Crippen molar-refractivity contribution in [3.05, 3.63) is 65.9 Å². The summed E-state index contributed by atoms with van der Waals surface area (Å²) in [6, 6.07) is 9.85. The number of pyridine rings is 1. The van der Waals surface area contributed by atoms with Crippen LogP contribution in [-0.4, -0.2) is 31.1 Å². The summed E-state index contributed by atoms with van der Waals surface area (Å²) in [5.41, 5.74) is 3.09. The molecule has 1 amide bonds. The molecule has 2 heterocycles. The molecule has 1 aromatic heterocycles. The van der Waals surface area contributed by atoms with Gasteiger partial charge in [-0.1, -0.05) is 18.2 Å². The van der Waals surface area contributed by atoms with E-state index in [1.54, 1.807) is 19.4 Å². The lowest BCUT2D eigenvalue weighted by atomic mass is 9.98. The molecule has 124 valence electrons. The number of carbonyl (C=O) groups excluding carboxylic acids is 1. The van der Waals surface area contributed by atoms with Crippen molar-refractivity contribution in [1.82, 2.24) is 10.3 Å². The van der Waals surface area contributed by atoms with Crippen LogP contribution in [0, 0.1) is 0 Å². The molecule has 1 aliphatic heterocycles. The van der Waals surface area contributed by atoms with Gasteiger partial charge in [0.25, 0.3) is 5.91 Å². The first-order valence-electron chi connectivity index (χ1n) is 7.97. The Bertz CT molecular complexity index is 741. The number of aromatic nitrogens is 1. The summed E-state index contributed by atoms with van der Waals surface area (Å²) in [6.45, 7) is 5.71. The number of ether oxygens (including phenoxy) is 1. The molecule has 5 heteroatoms. The van der Waals surface area contributed by atoms with E-state index in [0.717, 1.165) is 31.1 Å². The van der Waals surface area contributed by atoms with E-state index in [0.29, 0.717) is 12.1 Å². The molecule has 1 aliphatic rings. The Balaban J connectivity index is 1.74. The summed E-state index contributed by atoms with van der Waals surface area (Å²) in [7, 11) is 1.71. The van der Waals surface area contributed by atoms with E-state index in [2.05, 4.69) is 27.8 Å². The van der Waals surface area contributed by atoms with Crippen molar-refractivity contribution in [1.29, 1.82) is 0 Å². The highest BCUT2D eigenvalue weighted by Gasteiger charge is 2.20. The Morgan fingerprint density at radius 1 is 1.42 bits per heavy atom. The van der Waals surface area contributed by atoms with Gasteiger partial charge in [0.05, 0.1) is 12.7 Å². The second kappa shape index (κ2) is 7.17. The van der Waals surface area contributed by atoms with Crippen molar-refractivity contribution in [2.75, 3.05) is 25.1 Å². The van der Waals surface area contributed by atoms with Crippen LogP contribution in [0.15, 0.2) is 49.2 Å². The zero-order chi connectivity index (χ0) is 16.9. The molecule has 0 aliphatic carbocycles. The minimum atomic E-state index is -0.136. The summed E-state index contributed by atoms with van der Waals surface area (Å²) in [5, 5.41) is 2.75. The first kappa shape index (κ1) is 16.1. The number of nitrogens with one attached hydrogen (secondary N) is 1. The number of hydrogen-bond acceptors (Lipinski definition) is 4. The van der Waals surface area contributed by atoms with Gasteiger partial charge in [-0.2, -0.15) is 0 Å². The van der Waals surface area contributed by atoms with Crippen LogP contribution in [-0.2, 0) is 13.0 Å². The van der Waals surface area contributed by atoms with Crippen molar-refractivity contribution < 1.29 is 9.53 Å². The third kappa shape index (κ3) is 3.25. The van der Waals surface area contributed by atoms with Crippen molar-refractivity contribution in [2.24, 2.45) is 0 Å². The van der Waals surface area contributed by atoms with Crippen LogP contribution in [0.4, 0.5) is 5.82 Å². The Labute approximate surface area is 142 Å². The molecule has 0 atom stereocenters. The molecule has 0 unspecified atom stereocenters. The Morgan fingerprint density at radius 3 is 3.00 bits per heavy atom. The molecule has 1 N–H and O–H groups in total. The van der Waals surface area contributed by atoms with Gasteiger partial charge in [-0.15, -0.1) is 6.58 Å². The number of hydrogen-bond donors (Lipinski definition) is 1. The normalized spacial score (nSPS) is 13.1. The summed E-state index contributed by atoms with van der Waals surface area (Å²) >= 11 is 0. The van der Waals surface area contributed by atoms with Crippen molar-refractivity contribution in [3.63, 3.8) is 0 Å². The van der Waals surface area contributed by atoms with Crippen LogP contribution in [0.5, 0.6) is 5.75 Å². The summed E-state index contributed by atoms with van der Waals surface area (Å²) in [5.74, 6) is 1.70. The number of methoxy groups -OCH3 is 1. The molecular formula is C19H21N3O2. The second-order valence-electron chi connectivity index (χ2n) is 5.67. The molecule has 0 saturated heterocycles. The van der Waals surface area contributed by atoms with Gasteiger partial charge in [0, 0.05) is 31.4 Å². The molecular weight excluding hydrogens is 302 g/mol. The largest absolute Gasteiger partial charge is 0.496 e. The average Bonchev–Trinajstić information content (AvgIpc) is 2.65. The van der Waals surface area contributed by atoms with Crippen molar-refractivity contribution in [3.8, 4) is 5.75 Å². The molecule has 0 spiro atoms. The van der Waals surface area contributed by atoms with Crippen LogP contribution < -0.4 is 15.0 Å². The lowest BCUT2D eigenvalue weighted by molar-refractivity contribution is 0.0957. The fourth-order valence-corrected chi connectivity index (χ4v) is 2.94. The molecule has 3 rings (SSSR count). The molecule has 0 radical (unpaired) electrons. The minimum absolute atomic E-state index is 0.136. The molecule has 0 bridgehead atoms. The number of amides is 1. The zero-order valence-corrected chi connectivity index (χ0v) is 13.8. The van der Waals surface area contributed by atoms with Crippen LogP contribution in [0.1, 0.15) is 21.5 Å². The van der Waals surface area contributed by atoms with E-state index >= 15 is 0 Å². The van der Waals surface area contributed by atoms with E-state index in [1.807, 2.05) is 24.3 Å². The van der Waals surface area contributed by atoms with Crippen molar-refractivity contribution >= 4 is 11.7 Å². The van der Waals surface area contributed by atoms with E-state index in [-0.39, 0.29) is 5.91 Å². The number of anilines is 1. The van der Waals surface area contributed by atoms with Gasteiger partial charge in [-0.3, -0.25) is 4.79 Å². The topological polar surface area (TPSA) is 54.5 Å². The quantitative estimate of drug-likeness (QED) is 0.859. The smallest absolute Gasteiger partial charge is 0.253 e. The zero-order valence-electron chi connectivity index (χ0n) is 13.8. The highest BCUT2D eigenvalue weighted by atomic mass is 16.5. The monoisotopic (exact) mass is 323 g/mol. The predicted octanol–water partition coefficient (Wildman–Crippen LogP) is 2.57. The second-order valence-corrected chi connectivity index (χ2v) is 5.67. The van der Waals surface area contributed by atoms with Gasteiger partial charge in [-0.25, -0.2) is 4.98 Å². The Morgan fingerprint density at radius 2 is 2.29 bits per heavy atom. The van der Waals surface area contributed by atoms with Gasteiger partial charge in [0.15, 0.2) is 0 Å². The maximum atomic E-state index is 11.9. The number of benzene rings is 1. The van der Waals surface area contributed by atoms with Crippen LogP contribution >= 0.6 is 0 Å². The first-order valence-corrected chi connectivity index (χ1v) is 7.97. The molecule has 0 fully saturated rings. The van der Waals surface area contributed by atoms with Crippen LogP contribution in [0.3, 0.4) is 0 Å². The van der Waals surface area contributed by atoms with E-state index < -0.39 is 0 Å². The highest BCUT2D eigenvalue weighted by molar-refractivity contribution is 5.94. The first-order chi connectivity index (χ1) is 11.7. The lowest BCUT2D eigenvalue weighted by Crippen LogP contribution is -2.31. The van der Waals surface area contributed by atoms with Crippen LogP contribution in [0.2, 0.25) is 0 Å². The fourth-order valence-electron chi connectivity index (χ4n) is 2.94. The molecule has 5 nitrogen and oxygen atoms in total. The SMILES string of the molecule is C=CCNC(=O)c1ccc(N2CCc3c(cccc3OC)C2)nc1. The molecule has 24 heavy (non-hydrogen) atoms. The Hall–Kier alpha value is -2.82. The summed E-state index contributed by atoms with van der Waals surface area (Å²) in [6.07, 6.45) is 4.19. The summed E-state index contributed by atoms with van der Waals surface area (Å²) in [4.78, 5) is 18.6. The number of fused-ring (bicyclic) bond motifs is 1. The van der Waals surface area contributed by atoms with E-state index in [4.69, 9.17) is 4.74 Å². The third-order valence-corrected chi connectivity index (χ3v) is 4.18. The number of rotatable bonds is 5. The van der Waals surface area contributed by atoms with Gasteiger partial charge >= 0.3 is 0 Å². The predicted molar refractivity (Wildman–Crippen MR) is 94.5 cm³/mol. The molecule has 1 aromatic carbocycles. The van der Waals surface area contributed by atoms with Crippen LogP contribution in [0.25, 0.3) is 0 Å². The Kier molecular flexibility index (Phi) is 4.79. The van der Waals surface area contributed by atoms with Gasteiger partial charge < -0.3 is 15.0 Å². The fraction of sp³-hybridized carbons (Fsp3) is 0.263. The molecule has 2 aromatic rings. The lowest BCUT2D eigenvalue weighted by Gasteiger charge is -2.30. The minimum Gasteiger partial charge on any atom is -0.496 e. The standard InChI is InChI=1S/C19H21N3O2/c1-3-10-20-19(23)14-7-8-18(21-12-14)22-11-9-16-15(13-22)5-4-6-17(16)24-2/h3-8,12H,1,9-11,13H2,2H3,(H,20,23). The van der Waals surface area contributed by atoms with E-state index in [9.17, 15) is 4.79 Å². The third-order valence-electron chi connectivity index (χ3n) is 4.18. The maximum absolute atomic E-state index is 11.9. The number of nitrogens with zero attached hydrogens (tertiary/aromatic N) is 2. The van der Waals surface area contributed by atoms with Gasteiger partial charge in [0.1, 0.15) is 11.6 Å². The summed E-state index contributed by atoms with van der Waals surface area (Å²) < 4.78 is 5.44. The number of carbonyl (C=O) groups is 1. The van der Waals surface area contributed by atoms with Gasteiger partial charge in [0.2, 0.25) is 0 Å². The highest BCUT2D eigenvalue weighted by Crippen LogP contribution is 2.29. The average molecular weight is 323 g/mol. The van der Waals surface area contributed by atoms with Crippen molar-refractivity contribution in [2.45, 2.75) is 13.0 Å². The molecule has 0 saturated carbocycles. The van der Waals surface area contributed by atoms with Gasteiger partial charge in [-0.05, 0) is 30.2 Å².